The van der Waals surface area contributed by atoms with Crippen molar-refractivity contribution < 1.29 is 0 Å². The number of rotatable bonds is 4. The normalized spacial score (nSPS) is 11.5. The Morgan fingerprint density at radius 1 is 0.225 bits per heavy atom. The fourth-order valence-electron chi connectivity index (χ4n) is 6.29. The van der Waals surface area contributed by atoms with Crippen molar-refractivity contribution in [3.05, 3.63) is 158 Å². The molecule has 1 aliphatic rings. The Morgan fingerprint density at radius 2 is 0.575 bits per heavy atom. The summed E-state index contributed by atoms with van der Waals surface area (Å²) in [6, 6.07) is 57.5. The number of hydrogen-bond donors (Lipinski definition) is 0. The molecule has 0 saturated heterocycles. The van der Waals surface area contributed by atoms with Crippen molar-refractivity contribution in [1.29, 1.82) is 0 Å². The molecule has 0 heterocycles. The summed E-state index contributed by atoms with van der Waals surface area (Å²) in [7, 11) is 0. The Labute approximate surface area is 234 Å². The summed E-state index contributed by atoms with van der Waals surface area (Å²) in [5.41, 5.74) is 15.2. The minimum Gasteiger partial charge on any atom is -0.0622 e. The zero-order valence-electron chi connectivity index (χ0n) is 22.0. The second-order valence-electron chi connectivity index (χ2n) is 10.6. The van der Waals surface area contributed by atoms with Crippen LogP contribution in [-0.4, -0.2) is 0 Å². The molecule has 1 aliphatic carbocycles. The summed E-state index contributed by atoms with van der Waals surface area (Å²) in [4.78, 5) is 0. The van der Waals surface area contributed by atoms with Crippen molar-refractivity contribution in [3.8, 4) is 66.8 Å². The predicted octanol–water partition coefficient (Wildman–Crippen LogP) is 11.2. The molecule has 0 spiro atoms. The van der Waals surface area contributed by atoms with E-state index in [0.29, 0.717) is 0 Å². The second-order valence-corrected chi connectivity index (χ2v) is 10.6. The highest BCUT2D eigenvalue weighted by Gasteiger charge is 2.26. The predicted molar refractivity (Wildman–Crippen MR) is 170 cm³/mol. The molecule has 0 nitrogen and oxygen atoms in total. The van der Waals surface area contributed by atoms with E-state index in [1.165, 1.54) is 77.5 Å². The van der Waals surface area contributed by atoms with Gasteiger partial charge in [-0.05, 0) is 114 Å². The summed E-state index contributed by atoms with van der Waals surface area (Å²) in [5.74, 6) is 0. The molecule has 0 radical (unpaired) electrons. The van der Waals surface area contributed by atoms with E-state index >= 15 is 0 Å². The van der Waals surface area contributed by atoms with E-state index in [4.69, 9.17) is 0 Å². The third-order valence-electron chi connectivity index (χ3n) is 8.17. The van der Waals surface area contributed by atoms with E-state index in [1.54, 1.807) is 0 Å². The first-order valence-electron chi connectivity index (χ1n) is 13.9. The minimum absolute atomic E-state index is 1.24. The molecule has 0 heteroatoms. The molecule has 186 valence electrons. The van der Waals surface area contributed by atoms with Gasteiger partial charge in [0.25, 0.3) is 0 Å². The second kappa shape index (κ2) is 9.22. The number of fused-ring (bicyclic) bond motifs is 3. The number of hydrogen-bond acceptors (Lipinski definition) is 0. The fourth-order valence-corrected chi connectivity index (χ4v) is 6.29. The van der Waals surface area contributed by atoms with Gasteiger partial charge in [-0.3, -0.25) is 0 Å². The Morgan fingerprint density at radius 3 is 0.950 bits per heavy atom. The molecule has 0 amide bonds. The topological polar surface area (TPSA) is 0 Å². The van der Waals surface area contributed by atoms with Crippen LogP contribution in [0.25, 0.3) is 77.5 Å². The van der Waals surface area contributed by atoms with Crippen molar-refractivity contribution in [2.75, 3.05) is 0 Å². The summed E-state index contributed by atoms with van der Waals surface area (Å²) >= 11 is 0. The van der Waals surface area contributed by atoms with Crippen LogP contribution in [-0.2, 0) is 0 Å². The van der Waals surface area contributed by atoms with E-state index in [2.05, 4.69) is 158 Å². The summed E-state index contributed by atoms with van der Waals surface area (Å²) in [6.45, 7) is 0. The van der Waals surface area contributed by atoms with Crippen molar-refractivity contribution in [3.63, 3.8) is 0 Å². The van der Waals surface area contributed by atoms with Gasteiger partial charge in [-0.2, -0.15) is 0 Å². The maximum atomic E-state index is 2.43. The van der Waals surface area contributed by atoms with Crippen molar-refractivity contribution in [2.45, 2.75) is 0 Å². The first-order valence-corrected chi connectivity index (χ1v) is 13.9. The molecule has 40 heavy (non-hydrogen) atoms. The Kier molecular flexibility index (Phi) is 5.24. The molecule has 0 N–H and O–H groups in total. The third kappa shape index (κ3) is 3.69. The molecule has 0 unspecified atom stereocenters. The van der Waals surface area contributed by atoms with E-state index in [1.807, 2.05) is 0 Å². The monoisotopic (exact) mass is 506 g/mol. The van der Waals surface area contributed by atoms with Crippen LogP contribution in [0.3, 0.4) is 0 Å². The maximum absolute atomic E-state index is 2.43. The highest BCUT2D eigenvalue weighted by Crippen LogP contribution is 2.53. The van der Waals surface area contributed by atoms with Gasteiger partial charge in [-0.25, -0.2) is 0 Å². The summed E-state index contributed by atoms with van der Waals surface area (Å²) in [6.07, 6.45) is 0. The van der Waals surface area contributed by atoms with Crippen LogP contribution >= 0.6 is 0 Å². The lowest BCUT2D eigenvalue weighted by Crippen LogP contribution is -1.89. The largest absolute Gasteiger partial charge is 0.0622 e. The first kappa shape index (κ1) is 22.8. The molecule has 8 rings (SSSR count). The fraction of sp³-hybridized carbons (Fsp3) is 0. The summed E-state index contributed by atoms with van der Waals surface area (Å²) < 4.78 is 0. The Bertz CT molecular complexity index is 1860. The zero-order chi connectivity index (χ0) is 26.5. The summed E-state index contributed by atoms with van der Waals surface area (Å²) in [5, 5.41) is 2.63. The molecule has 0 atom stereocenters. The van der Waals surface area contributed by atoms with Crippen LogP contribution in [0.4, 0.5) is 0 Å². The first-order chi connectivity index (χ1) is 19.8. The van der Waals surface area contributed by atoms with Gasteiger partial charge in [0.05, 0.1) is 0 Å². The molecule has 0 saturated carbocycles. The van der Waals surface area contributed by atoms with E-state index < -0.39 is 0 Å². The Balaban J connectivity index is 1.46. The average molecular weight is 507 g/mol. The molecule has 0 bridgehead atoms. The van der Waals surface area contributed by atoms with Gasteiger partial charge in [0.15, 0.2) is 0 Å². The van der Waals surface area contributed by atoms with Crippen molar-refractivity contribution >= 4 is 10.8 Å². The van der Waals surface area contributed by atoms with Gasteiger partial charge >= 0.3 is 0 Å². The SMILES string of the molecule is c1ccc(-c2cc3c4c(cc(-c5ccccc5)cc4c2)-c2cc(-c4ccccc4)c(-c4ccccc4)cc2-3)cc1. The minimum atomic E-state index is 1.24. The molecular formula is C40H26. The van der Waals surface area contributed by atoms with Gasteiger partial charge in [0.1, 0.15) is 0 Å². The maximum Gasteiger partial charge on any atom is -0.00255 e. The number of benzene rings is 7. The van der Waals surface area contributed by atoms with Crippen LogP contribution in [0.15, 0.2) is 158 Å². The van der Waals surface area contributed by atoms with E-state index in [0.717, 1.165) is 0 Å². The lowest BCUT2D eigenvalue weighted by molar-refractivity contribution is 1.58. The van der Waals surface area contributed by atoms with Gasteiger partial charge in [0, 0.05) is 0 Å². The molecule has 0 fully saturated rings. The molecule has 0 aromatic heterocycles. The molecular weight excluding hydrogens is 480 g/mol. The van der Waals surface area contributed by atoms with Crippen LogP contribution < -0.4 is 0 Å². The van der Waals surface area contributed by atoms with Crippen molar-refractivity contribution in [1.82, 2.24) is 0 Å². The van der Waals surface area contributed by atoms with Crippen LogP contribution in [0.5, 0.6) is 0 Å². The quantitative estimate of drug-likeness (QED) is 0.223. The smallest absolute Gasteiger partial charge is 0.00255 e. The zero-order valence-corrected chi connectivity index (χ0v) is 22.0. The van der Waals surface area contributed by atoms with Crippen LogP contribution in [0.1, 0.15) is 0 Å². The van der Waals surface area contributed by atoms with Crippen LogP contribution in [0.2, 0.25) is 0 Å². The lowest BCUT2D eigenvalue weighted by Gasteiger charge is -2.15. The average Bonchev–Trinajstić information content (AvgIpc) is 3.35. The molecule has 7 aromatic rings. The lowest BCUT2D eigenvalue weighted by atomic mass is 9.89. The van der Waals surface area contributed by atoms with Gasteiger partial charge in [0.2, 0.25) is 0 Å². The van der Waals surface area contributed by atoms with Crippen molar-refractivity contribution in [2.24, 2.45) is 0 Å². The van der Waals surface area contributed by atoms with E-state index in [-0.39, 0.29) is 0 Å². The highest BCUT2D eigenvalue weighted by molar-refractivity contribution is 6.19. The van der Waals surface area contributed by atoms with Gasteiger partial charge in [-0.15, -0.1) is 0 Å². The standard InChI is InChI=1S/C40H26/c1-5-13-27(14-6-1)31-21-33-22-32(28-15-7-2-8-16-28)24-39-37-26-35(30-19-11-4-12-20-30)34(29-17-9-3-10-18-29)25-36(37)38(23-31)40(33)39/h1-26H. The van der Waals surface area contributed by atoms with Crippen LogP contribution in [0, 0.1) is 0 Å². The van der Waals surface area contributed by atoms with Gasteiger partial charge in [-0.1, -0.05) is 121 Å². The van der Waals surface area contributed by atoms with Gasteiger partial charge < -0.3 is 0 Å². The Hall–Kier alpha value is -5.20. The molecule has 0 aliphatic heterocycles. The third-order valence-corrected chi connectivity index (χ3v) is 8.17. The molecule has 7 aromatic carbocycles. The van der Waals surface area contributed by atoms with E-state index in [9.17, 15) is 0 Å². The highest BCUT2D eigenvalue weighted by atomic mass is 14.3.